The van der Waals surface area contributed by atoms with Gasteiger partial charge in [-0.1, -0.05) is 60.3 Å². The molecule has 0 radical (unpaired) electrons. The number of hydrogen-bond donors (Lipinski definition) is 3. The lowest BCUT2D eigenvalue weighted by Gasteiger charge is -2.13. The molecule has 8 nitrogen and oxygen atoms in total. The fourth-order valence-corrected chi connectivity index (χ4v) is 5.25. The monoisotopic (exact) mass is 633 g/mol. The quantitative estimate of drug-likeness (QED) is 0.104. The smallest absolute Gasteiger partial charge is 0.294 e. The molecule has 0 aromatic heterocycles. The molecule has 0 aliphatic carbocycles. The van der Waals surface area contributed by atoms with Gasteiger partial charge in [-0.25, -0.2) is 8.42 Å². The Labute approximate surface area is 254 Å². The molecule has 0 atom stereocenters. The van der Waals surface area contributed by atoms with Crippen molar-refractivity contribution in [1.29, 1.82) is 0 Å². The molecular weight excluding hydrogens is 582 g/mol. The molecule has 0 aliphatic heterocycles. The predicted molar refractivity (Wildman–Crippen MR) is 175 cm³/mol. The van der Waals surface area contributed by atoms with E-state index in [0.29, 0.717) is 0 Å². The molecule has 11 heteroatoms. The van der Waals surface area contributed by atoms with Crippen LogP contribution in [0.25, 0.3) is 0 Å². The van der Waals surface area contributed by atoms with Crippen molar-refractivity contribution < 1.29 is 21.4 Å². The van der Waals surface area contributed by atoms with Crippen LogP contribution in [0.2, 0.25) is 0 Å². The van der Waals surface area contributed by atoms with Crippen molar-refractivity contribution in [3.8, 4) is 0 Å². The SMILES string of the molecule is CCCCCNc1ccc(S(=O)(=O)Cl)cc1C.CCCCCNc1ccc(S(=O)(=O)O)cc1C.CCN(CC)CC. The topological polar surface area (TPSA) is 116 Å². The number of hydrogen-bond acceptors (Lipinski definition) is 7. The van der Waals surface area contributed by atoms with Gasteiger partial charge in [0, 0.05) is 35.1 Å². The Bertz CT molecular complexity index is 1120. The Kier molecular flexibility index (Phi) is 20.0. The van der Waals surface area contributed by atoms with E-state index in [1.165, 1.54) is 63.5 Å². The highest BCUT2D eigenvalue weighted by atomic mass is 35.7. The predicted octanol–water partition coefficient (Wildman–Crippen LogP) is 7.72. The van der Waals surface area contributed by atoms with E-state index in [9.17, 15) is 16.8 Å². The third-order valence-corrected chi connectivity index (χ3v) is 8.71. The Morgan fingerprint density at radius 2 is 1.07 bits per heavy atom. The second kappa shape index (κ2) is 20.9. The normalized spacial score (nSPS) is 11.3. The molecule has 41 heavy (non-hydrogen) atoms. The van der Waals surface area contributed by atoms with E-state index in [0.717, 1.165) is 48.4 Å². The van der Waals surface area contributed by atoms with Crippen molar-refractivity contribution in [3.05, 3.63) is 47.5 Å². The number of anilines is 2. The van der Waals surface area contributed by atoms with Crippen LogP contribution in [0.1, 0.15) is 84.3 Å². The average Bonchev–Trinajstić information content (AvgIpc) is 2.91. The zero-order chi connectivity index (χ0) is 31.5. The molecule has 236 valence electrons. The average molecular weight is 634 g/mol. The number of nitrogens with one attached hydrogen (secondary N) is 2. The first-order valence-corrected chi connectivity index (χ1v) is 18.3. The highest BCUT2D eigenvalue weighted by Gasteiger charge is 2.11. The Morgan fingerprint density at radius 1 is 0.683 bits per heavy atom. The maximum atomic E-state index is 11.1. The fourth-order valence-electron chi connectivity index (χ4n) is 3.85. The van der Waals surface area contributed by atoms with Gasteiger partial charge in [-0.15, -0.1) is 0 Å². The zero-order valence-corrected chi connectivity index (χ0v) is 28.4. The van der Waals surface area contributed by atoms with Gasteiger partial charge in [-0.05, 0) is 93.8 Å². The number of benzene rings is 2. The van der Waals surface area contributed by atoms with Gasteiger partial charge >= 0.3 is 0 Å². The summed E-state index contributed by atoms with van der Waals surface area (Å²) in [6.45, 7) is 19.9. The Hall–Kier alpha value is -1.85. The van der Waals surface area contributed by atoms with Gasteiger partial charge in [0.2, 0.25) is 0 Å². The van der Waals surface area contributed by atoms with E-state index in [1.807, 2.05) is 13.8 Å². The minimum Gasteiger partial charge on any atom is -0.385 e. The molecular formula is C30H52ClN3O5S2. The molecule has 2 aromatic carbocycles. The van der Waals surface area contributed by atoms with Gasteiger partial charge in [-0.2, -0.15) is 8.42 Å². The summed E-state index contributed by atoms with van der Waals surface area (Å²) in [4.78, 5) is 2.46. The van der Waals surface area contributed by atoms with Gasteiger partial charge in [0.05, 0.1) is 9.79 Å². The van der Waals surface area contributed by atoms with E-state index in [1.54, 1.807) is 18.2 Å². The molecule has 0 bridgehead atoms. The van der Waals surface area contributed by atoms with Crippen molar-refractivity contribution in [2.45, 2.75) is 96.8 Å². The zero-order valence-electron chi connectivity index (χ0n) is 26.0. The lowest BCUT2D eigenvalue weighted by atomic mass is 10.2. The first-order chi connectivity index (χ1) is 19.2. The molecule has 0 amide bonds. The summed E-state index contributed by atoms with van der Waals surface area (Å²) < 4.78 is 53.0. The number of unbranched alkanes of at least 4 members (excludes halogenated alkanes) is 4. The molecule has 3 N–H and O–H groups in total. The molecule has 0 saturated carbocycles. The molecule has 0 heterocycles. The van der Waals surface area contributed by atoms with Crippen LogP contribution < -0.4 is 10.6 Å². The van der Waals surface area contributed by atoms with E-state index < -0.39 is 19.2 Å². The maximum Gasteiger partial charge on any atom is 0.294 e. The summed E-state index contributed by atoms with van der Waals surface area (Å²) in [5.74, 6) is 0. The summed E-state index contributed by atoms with van der Waals surface area (Å²) in [6.07, 6.45) is 6.93. The molecule has 0 fully saturated rings. The number of rotatable bonds is 15. The van der Waals surface area contributed by atoms with Crippen LogP contribution in [0.5, 0.6) is 0 Å². The summed E-state index contributed by atoms with van der Waals surface area (Å²) in [6, 6.07) is 9.44. The maximum absolute atomic E-state index is 11.1. The van der Waals surface area contributed by atoms with Crippen LogP contribution in [-0.2, 0) is 19.2 Å². The summed E-state index contributed by atoms with van der Waals surface area (Å²) in [5.41, 5.74) is 3.58. The highest BCUT2D eigenvalue weighted by molar-refractivity contribution is 8.13. The Balaban J connectivity index is 0.000000637. The summed E-state index contributed by atoms with van der Waals surface area (Å²) in [5, 5.41) is 6.54. The Morgan fingerprint density at radius 3 is 1.37 bits per heavy atom. The van der Waals surface area contributed by atoms with E-state index in [4.69, 9.17) is 15.2 Å². The van der Waals surface area contributed by atoms with Crippen molar-refractivity contribution in [2.24, 2.45) is 0 Å². The van der Waals surface area contributed by atoms with Crippen LogP contribution in [0.4, 0.5) is 11.4 Å². The van der Waals surface area contributed by atoms with Crippen LogP contribution in [0.3, 0.4) is 0 Å². The van der Waals surface area contributed by atoms with Gasteiger partial charge in [0.15, 0.2) is 0 Å². The molecule has 2 rings (SSSR count). The standard InChI is InChI=1S/C12H18ClNO2S.C12H19NO3S.C6H15N/c1-3-4-5-8-14-12-7-6-11(9-10(12)2)17(13,15)16;1-3-4-5-8-13-12-7-6-11(9-10(12)2)17(14,15)16;1-4-7(5-2)6-3/h6-7,9,14H,3-5,8H2,1-2H3;6-7,9,13H,3-5,8H2,1-2H3,(H,14,15,16);4-6H2,1-3H3. The lowest BCUT2D eigenvalue weighted by Crippen LogP contribution is -2.21. The number of nitrogens with zero attached hydrogens (tertiary/aromatic N) is 1. The minimum absolute atomic E-state index is 0.0610. The van der Waals surface area contributed by atoms with E-state index >= 15 is 0 Å². The van der Waals surface area contributed by atoms with Gasteiger partial charge < -0.3 is 15.5 Å². The van der Waals surface area contributed by atoms with Crippen molar-refractivity contribution >= 4 is 41.2 Å². The van der Waals surface area contributed by atoms with Crippen LogP contribution in [0, 0.1) is 13.8 Å². The van der Waals surface area contributed by atoms with Crippen LogP contribution in [-0.4, -0.2) is 59.0 Å². The fraction of sp³-hybridized carbons (Fsp3) is 0.600. The molecule has 0 unspecified atom stereocenters. The number of halogens is 1. The highest BCUT2D eigenvalue weighted by Crippen LogP contribution is 2.22. The van der Waals surface area contributed by atoms with Crippen molar-refractivity contribution in [1.82, 2.24) is 4.90 Å². The third kappa shape index (κ3) is 17.0. The first-order valence-electron chi connectivity index (χ1n) is 14.6. The number of aryl methyl sites for hydroxylation is 2. The van der Waals surface area contributed by atoms with Gasteiger partial charge in [0.1, 0.15) is 0 Å². The van der Waals surface area contributed by atoms with Gasteiger partial charge in [-0.3, -0.25) is 4.55 Å². The second-order valence-electron chi connectivity index (χ2n) is 9.75. The van der Waals surface area contributed by atoms with Crippen LogP contribution in [0.15, 0.2) is 46.2 Å². The third-order valence-electron chi connectivity index (χ3n) is 6.51. The molecule has 0 spiro atoms. The minimum atomic E-state index is -4.10. The largest absolute Gasteiger partial charge is 0.385 e. The second-order valence-corrected chi connectivity index (χ2v) is 13.7. The molecule has 0 aliphatic rings. The van der Waals surface area contributed by atoms with E-state index in [-0.39, 0.29) is 9.79 Å². The lowest BCUT2D eigenvalue weighted by molar-refractivity contribution is 0.321. The molecule has 0 saturated heterocycles. The summed E-state index contributed by atoms with van der Waals surface area (Å²) >= 11 is 0. The first kappa shape index (κ1) is 39.1. The van der Waals surface area contributed by atoms with E-state index in [2.05, 4.69) is 50.2 Å². The molecule has 2 aromatic rings. The van der Waals surface area contributed by atoms with Crippen LogP contribution >= 0.6 is 10.7 Å². The van der Waals surface area contributed by atoms with Crippen molar-refractivity contribution in [3.63, 3.8) is 0 Å². The van der Waals surface area contributed by atoms with Gasteiger partial charge in [0.25, 0.3) is 19.2 Å². The summed E-state index contributed by atoms with van der Waals surface area (Å²) in [7, 11) is -2.45. The van der Waals surface area contributed by atoms with Crippen molar-refractivity contribution in [2.75, 3.05) is 43.4 Å².